The normalized spacial score (nSPS) is 16.0. The zero-order valence-corrected chi connectivity index (χ0v) is 8.55. The molecule has 2 heteroatoms. The molecule has 4 N–H and O–H groups in total. The van der Waals surface area contributed by atoms with Gasteiger partial charge in [-0.2, -0.15) is 0 Å². The first-order valence-corrected chi connectivity index (χ1v) is 5.18. The molecule has 0 heterocycles. The van der Waals surface area contributed by atoms with E-state index in [1.807, 2.05) is 0 Å². The number of rotatable bonds is 7. The second kappa shape index (κ2) is 7.56. The smallest absolute Gasteiger partial charge is 0.00387 e. The van der Waals surface area contributed by atoms with E-state index >= 15 is 0 Å². The zero-order valence-electron chi connectivity index (χ0n) is 8.55. The molecule has 0 aromatic heterocycles. The molecule has 0 aliphatic rings. The van der Waals surface area contributed by atoms with E-state index in [-0.39, 0.29) is 0 Å². The Kier molecular flexibility index (Phi) is 7.51. The molecular formula is C10H24N2. The van der Waals surface area contributed by atoms with Crippen LogP contribution in [0.4, 0.5) is 0 Å². The van der Waals surface area contributed by atoms with Crippen LogP contribution in [0.5, 0.6) is 0 Å². The molecule has 0 bridgehead atoms. The van der Waals surface area contributed by atoms with Crippen LogP contribution in [0.3, 0.4) is 0 Å². The highest BCUT2D eigenvalue weighted by Gasteiger charge is 2.00. The molecule has 0 aliphatic heterocycles. The molecule has 74 valence electrons. The van der Waals surface area contributed by atoms with Crippen LogP contribution < -0.4 is 11.5 Å². The lowest BCUT2D eigenvalue weighted by Crippen LogP contribution is -2.19. The number of nitrogens with two attached hydrogens (primary N) is 2. The Labute approximate surface area is 76.7 Å². The second-order valence-electron chi connectivity index (χ2n) is 3.81. The molecule has 0 spiro atoms. The van der Waals surface area contributed by atoms with Crippen LogP contribution in [0.2, 0.25) is 0 Å². The third-order valence-corrected chi connectivity index (χ3v) is 2.14. The molecule has 0 saturated carbocycles. The predicted molar refractivity (Wildman–Crippen MR) is 55.0 cm³/mol. The lowest BCUT2D eigenvalue weighted by molar-refractivity contribution is 0.504. The first-order chi connectivity index (χ1) is 5.66. The summed E-state index contributed by atoms with van der Waals surface area (Å²) in [5, 5.41) is 0. The van der Waals surface area contributed by atoms with E-state index in [0.29, 0.717) is 12.1 Å². The third-order valence-electron chi connectivity index (χ3n) is 2.14. The van der Waals surface area contributed by atoms with Crippen LogP contribution in [0.25, 0.3) is 0 Å². The van der Waals surface area contributed by atoms with Crippen LogP contribution in [-0.2, 0) is 0 Å². The van der Waals surface area contributed by atoms with Gasteiger partial charge in [-0.15, -0.1) is 0 Å². The van der Waals surface area contributed by atoms with Gasteiger partial charge in [0.25, 0.3) is 0 Å². The maximum atomic E-state index is 5.87. The van der Waals surface area contributed by atoms with Crippen molar-refractivity contribution in [2.75, 3.05) is 0 Å². The van der Waals surface area contributed by atoms with E-state index in [2.05, 4.69) is 13.8 Å². The SMILES string of the molecule is CCCC(N)CCCCC(C)N. The minimum absolute atomic E-state index is 0.354. The van der Waals surface area contributed by atoms with Crippen molar-refractivity contribution in [3.63, 3.8) is 0 Å². The van der Waals surface area contributed by atoms with E-state index in [9.17, 15) is 0 Å². The molecule has 0 saturated heterocycles. The van der Waals surface area contributed by atoms with Crippen LogP contribution in [-0.4, -0.2) is 12.1 Å². The van der Waals surface area contributed by atoms with Gasteiger partial charge in [0.2, 0.25) is 0 Å². The molecular weight excluding hydrogens is 148 g/mol. The molecule has 2 unspecified atom stereocenters. The second-order valence-corrected chi connectivity index (χ2v) is 3.81. The summed E-state index contributed by atoms with van der Waals surface area (Å²) in [6.45, 7) is 4.24. The molecule has 2 nitrogen and oxygen atoms in total. The van der Waals surface area contributed by atoms with Gasteiger partial charge < -0.3 is 11.5 Å². The van der Waals surface area contributed by atoms with Crippen LogP contribution >= 0.6 is 0 Å². The van der Waals surface area contributed by atoms with Crippen LogP contribution in [0.1, 0.15) is 52.4 Å². The van der Waals surface area contributed by atoms with Crippen molar-refractivity contribution in [1.29, 1.82) is 0 Å². The Morgan fingerprint density at radius 1 is 1.00 bits per heavy atom. The summed E-state index contributed by atoms with van der Waals surface area (Å²) in [7, 11) is 0. The molecule has 0 rings (SSSR count). The molecule has 0 aromatic carbocycles. The number of hydrogen-bond acceptors (Lipinski definition) is 2. The summed E-state index contributed by atoms with van der Waals surface area (Å²) in [4.78, 5) is 0. The minimum Gasteiger partial charge on any atom is -0.328 e. The summed E-state index contributed by atoms with van der Waals surface area (Å²) >= 11 is 0. The van der Waals surface area contributed by atoms with Gasteiger partial charge >= 0.3 is 0 Å². The standard InChI is InChI=1S/C10H24N2/c1-3-6-10(12)8-5-4-7-9(2)11/h9-10H,3-8,11-12H2,1-2H3. The van der Waals surface area contributed by atoms with Gasteiger partial charge in [0.1, 0.15) is 0 Å². The van der Waals surface area contributed by atoms with Gasteiger partial charge in [0.15, 0.2) is 0 Å². The Hall–Kier alpha value is -0.0800. The number of unbranched alkanes of at least 4 members (excludes halogenated alkanes) is 1. The highest BCUT2D eigenvalue weighted by molar-refractivity contribution is 4.61. The Morgan fingerprint density at radius 2 is 1.58 bits per heavy atom. The van der Waals surface area contributed by atoms with Crippen molar-refractivity contribution in [2.45, 2.75) is 64.5 Å². The van der Waals surface area contributed by atoms with Gasteiger partial charge in [-0.25, -0.2) is 0 Å². The molecule has 0 aliphatic carbocycles. The summed E-state index contributed by atoms with van der Waals surface area (Å²) in [6.07, 6.45) is 7.14. The third kappa shape index (κ3) is 8.02. The first kappa shape index (κ1) is 11.9. The molecule has 0 aromatic rings. The van der Waals surface area contributed by atoms with E-state index in [1.165, 1.54) is 25.7 Å². The molecule has 0 amide bonds. The Bertz CT molecular complexity index is 91.8. The van der Waals surface area contributed by atoms with Crippen molar-refractivity contribution < 1.29 is 0 Å². The molecule has 2 atom stereocenters. The highest BCUT2D eigenvalue weighted by Crippen LogP contribution is 2.07. The van der Waals surface area contributed by atoms with E-state index < -0.39 is 0 Å². The minimum atomic E-state index is 0.354. The van der Waals surface area contributed by atoms with Crippen LogP contribution in [0, 0.1) is 0 Å². The monoisotopic (exact) mass is 172 g/mol. The van der Waals surface area contributed by atoms with E-state index in [0.717, 1.165) is 12.8 Å². The maximum absolute atomic E-state index is 5.87. The Morgan fingerprint density at radius 3 is 2.08 bits per heavy atom. The van der Waals surface area contributed by atoms with Crippen molar-refractivity contribution in [3.8, 4) is 0 Å². The van der Waals surface area contributed by atoms with Crippen molar-refractivity contribution in [2.24, 2.45) is 11.5 Å². The topological polar surface area (TPSA) is 52.0 Å². The van der Waals surface area contributed by atoms with Crippen LogP contribution in [0.15, 0.2) is 0 Å². The molecule has 0 fully saturated rings. The number of hydrogen-bond donors (Lipinski definition) is 2. The van der Waals surface area contributed by atoms with Gasteiger partial charge in [0, 0.05) is 12.1 Å². The summed E-state index contributed by atoms with van der Waals surface area (Å²) in [5.74, 6) is 0. The lowest BCUT2D eigenvalue weighted by atomic mass is 10.0. The van der Waals surface area contributed by atoms with Gasteiger partial charge in [0.05, 0.1) is 0 Å². The molecule has 12 heavy (non-hydrogen) atoms. The lowest BCUT2D eigenvalue weighted by Gasteiger charge is -2.10. The zero-order chi connectivity index (χ0) is 9.40. The first-order valence-electron chi connectivity index (χ1n) is 5.18. The fourth-order valence-electron chi connectivity index (χ4n) is 1.39. The molecule has 0 radical (unpaired) electrons. The van der Waals surface area contributed by atoms with Crippen molar-refractivity contribution >= 4 is 0 Å². The van der Waals surface area contributed by atoms with Gasteiger partial charge in [-0.3, -0.25) is 0 Å². The fourth-order valence-corrected chi connectivity index (χ4v) is 1.39. The quantitative estimate of drug-likeness (QED) is 0.577. The maximum Gasteiger partial charge on any atom is 0.00387 e. The van der Waals surface area contributed by atoms with E-state index in [1.54, 1.807) is 0 Å². The largest absolute Gasteiger partial charge is 0.328 e. The average Bonchev–Trinajstić information content (AvgIpc) is 1.98. The summed E-state index contributed by atoms with van der Waals surface area (Å²) < 4.78 is 0. The summed E-state index contributed by atoms with van der Waals surface area (Å²) in [6, 6.07) is 0.774. The van der Waals surface area contributed by atoms with Crippen molar-refractivity contribution in [3.05, 3.63) is 0 Å². The summed E-state index contributed by atoms with van der Waals surface area (Å²) in [5.41, 5.74) is 11.5. The fraction of sp³-hybridized carbons (Fsp3) is 1.00. The predicted octanol–water partition coefficient (Wildman–Crippen LogP) is 2.02. The Balaban J connectivity index is 3.08. The van der Waals surface area contributed by atoms with Gasteiger partial charge in [-0.05, 0) is 26.2 Å². The van der Waals surface area contributed by atoms with Gasteiger partial charge in [-0.1, -0.05) is 26.2 Å². The van der Waals surface area contributed by atoms with E-state index in [4.69, 9.17) is 11.5 Å². The highest BCUT2D eigenvalue weighted by atomic mass is 14.6. The average molecular weight is 172 g/mol. The van der Waals surface area contributed by atoms with Crippen molar-refractivity contribution in [1.82, 2.24) is 0 Å².